The molecule has 2 rings (SSSR count). The van der Waals surface area contributed by atoms with E-state index in [-0.39, 0.29) is 0 Å². The predicted molar refractivity (Wildman–Crippen MR) is 81.7 cm³/mol. The fourth-order valence-electron chi connectivity index (χ4n) is 1.92. The zero-order valence-corrected chi connectivity index (χ0v) is 12.3. The monoisotopic (exact) mass is 281 g/mol. The van der Waals surface area contributed by atoms with E-state index in [0.717, 1.165) is 23.4 Å². The average Bonchev–Trinajstić information content (AvgIpc) is 2.51. The van der Waals surface area contributed by atoms with Crippen LogP contribution < -0.4 is 10.1 Å². The predicted octanol–water partition coefficient (Wildman–Crippen LogP) is 3.03. The maximum Gasteiger partial charge on any atom is 0.147 e. The van der Waals surface area contributed by atoms with Crippen LogP contribution in [0.2, 0.25) is 0 Å². The van der Waals surface area contributed by atoms with Gasteiger partial charge in [-0.1, -0.05) is 38.1 Å². The van der Waals surface area contributed by atoms with Crippen LogP contribution in [0.4, 0.5) is 0 Å². The van der Waals surface area contributed by atoms with Gasteiger partial charge in [0.2, 0.25) is 0 Å². The number of aromatic nitrogens is 1. The second-order valence-corrected chi connectivity index (χ2v) is 5.05. The molecule has 4 heteroatoms. The van der Waals surface area contributed by atoms with Crippen molar-refractivity contribution in [2.75, 3.05) is 0 Å². The van der Waals surface area contributed by atoms with Crippen LogP contribution in [0.3, 0.4) is 0 Å². The summed E-state index contributed by atoms with van der Waals surface area (Å²) in [7, 11) is 0. The van der Waals surface area contributed by atoms with E-state index in [2.05, 4.69) is 30.2 Å². The normalized spacial score (nSPS) is 10.4. The largest absolute Gasteiger partial charge is 0.488 e. The van der Waals surface area contributed by atoms with Gasteiger partial charge in [-0.3, -0.25) is 0 Å². The Morgan fingerprint density at radius 2 is 1.95 bits per heavy atom. The van der Waals surface area contributed by atoms with E-state index in [1.165, 1.54) is 0 Å². The van der Waals surface area contributed by atoms with Gasteiger partial charge in [0.25, 0.3) is 0 Å². The number of nitriles is 1. The fourth-order valence-corrected chi connectivity index (χ4v) is 1.92. The zero-order valence-electron chi connectivity index (χ0n) is 12.3. The molecule has 0 aliphatic carbocycles. The Hall–Kier alpha value is -2.38. The number of pyridine rings is 1. The maximum absolute atomic E-state index is 9.04. The first-order valence-corrected chi connectivity index (χ1v) is 6.98. The summed E-state index contributed by atoms with van der Waals surface area (Å²) in [6, 6.07) is 14.1. The number of benzene rings is 1. The Morgan fingerprint density at radius 1 is 1.19 bits per heavy atom. The smallest absolute Gasteiger partial charge is 0.147 e. The lowest BCUT2D eigenvalue weighted by Crippen LogP contribution is -2.22. The lowest BCUT2D eigenvalue weighted by atomic mass is 10.2. The standard InChI is InChI=1S/C17H19N3O/c1-13(2)20-11-14-6-3-4-8-17(14)21-12-15-7-5-9-19-16(15)10-18/h3-9,13,20H,11-12H2,1-2H3. The highest BCUT2D eigenvalue weighted by Gasteiger charge is 2.07. The molecule has 0 saturated heterocycles. The molecule has 1 aromatic carbocycles. The summed E-state index contributed by atoms with van der Waals surface area (Å²) >= 11 is 0. The Labute approximate surface area is 125 Å². The molecule has 0 aliphatic heterocycles. The number of nitrogens with one attached hydrogen (secondary N) is 1. The first kappa shape index (κ1) is 15.0. The Bertz CT molecular complexity index is 632. The molecular weight excluding hydrogens is 262 g/mol. The molecule has 108 valence electrons. The van der Waals surface area contributed by atoms with Crippen molar-refractivity contribution in [3.63, 3.8) is 0 Å². The maximum atomic E-state index is 9.04. The van der Waals surface area contributed by atoms with Gasteiger partial charge in [0.1, 0.15) is 24.1 Å². The molecule has 0 bridgehead atoms. The van der Waals surface area contributed by atoms with Crippen LogP contribution in [0.1, 0.15) is 30.7 Å². The van der Waals surface area contributed by atoms with Gasteiger partial charge >= 0.3 is 0 Å². The van der Waals surface area contributed by atoms with Crippen LogP contribution in [-0.2, 0) is 13.2 Å². The highest BCUT2D eigenvalue weighted by atomic mass is 16.5. The molecule has 0 radical (unpaired) electrons. The molecule has 1 heterocycles. The van der Waals surface area contributed by atoms with Crippen molar-refractivity contribution in [2.45, 2.75) is 33.0 Å². The van der Waals surface area contributed by atoms with E-state index < -0.39 is 0 Å². The topological polar surface area (TPSA) is 57.9 Å². The fraction of sp³-hybridized carbons (Fsp3) is 0.294. The molecule has 0 fully saturated rings. The van der Waals surface area contributed by atoms with Gasteiger partial charge in [-0.15, -0.1) is 0 Å². The number of hydrogen-bond donors (Lipinski definition) is 1. The molecule has 0 saturated carbocycles. The van der Waals surface area contributed by atoms with Crippen molar-refractivity contribution in [2.24, 2.45) is 0 Å². The zero-order chi connectivity index (χ0) is 15.1. The molecule has 0 unspecified atom stereocenters. The van der Waals surface area contributed by atoms with E-state index in [1.807, 2.05) is 36.4 Å². The van der Waals surface area contributed by atoms with Crippen LogP contribution in [0.25, 0.3) is 0 Å². The van der Waals surface area contributed by atoms with E-state index >= 15 is 0 Å². The average molecular weight is 281 g/mol. The Morgan fingerprint density at radius 3 is 2.71 bits per heavy atom. The molecule has 0 aliphatic rings. The first-order chi connectivity index (χ1) is 10.2. The minimum absolute atomic E-state index is 0.343. The van der Waals surface area contributed by atoms with Crippen LogP contribution in [0.15, 0.2) is 42.6 Å². The Balaban J connectivity index is 2.08. The van der Waals surface area contributed by atoms with Crippen molar-refractivity contribution < 1.29 is 4.74 Å². The second kappa shape index (κ2) is 7.41. The van der Waals surface area contributed by atoms with Gasteiger partial charge in [0.15, 0.2) is 0 Å². The van der Waals surface area contributed by atoms with Crippen LogP contribution >= 0.6 is 0 Å². The van der Waals surface area contributed by atoms with Gasteiger partial charge in [-0.2, -0.15) is 5.26 Å². The number of rotatable bonds is 6. The molecule has 0 amide bonds. The van der Waals surface area contributed by atoms with Gasteiger partial charge in [0, 0.05) is 29.9 Å². The van der Waals surface area contributed by atoms with Crippen LogP contribution in [0.5, 0.6) is 5.75 Å². The van der Waals surface area contributed by atoms with E-state index in [0.29, 0.717) is 18.3 Å². The first-order valence-electron chi connectivity index (χ1n) is 6.98. The molecule has 4 nitrogen and oxygen atoms in total. The second-order valence-electron chi connectivity index (χ2n) is 5.05. The van der Waals surface area contributed by atoms with Crippen molar-refractivity contribution in [3.8, 4) is 11.8 Å². The summed E-state index contributed by atoms with van der Waals surface area (Å²) in [4.78, 5) is 4.04. The minimum Gasteiger partial charge on any atom is -0.488 e. The van der Waals surface area contributed by atoms with Crippen molar-refractivity contribution in [1.29, 1.82) is 5.26 Å². The van der Waals surface area contributed by atoms with E-state index in [9.17, 15) is 0 Å². The van der Waals surface area contributed by atoms with Crippen LogP contribution in [0, 0.1) is 11.3 Å². The van der Waals surface area contributed by atoms with Crippen molar-refractivity contribution >= 4 is 0 Å². The van der Waals surface area contributed by atoms with Gasteiger partial charge in [-0.05, 0) is 12.1 Å². The number of ether oxygens (including phenoxy) is 1. The third-order valence-electron chi connectivity index (χ3n) is 3.05. The number of hydrogen-bond acceptors (Lipinski definition) is 4. The summed E-state index contributed by atoms with van der Waals surface area (Å²) < 4.78 is 5.87. The Kier molecular flexibility index (Phi) is 5.30. The SMILES string of the molecule is CC(C)NCc1ccccc1OCc1cccnc1C#N. The lowest BCUT2D eigenvalue weighted by Gasteiger charge is -2.14. The van der Waals surface area contributed by atoms with E-state index in [1.54, 1.807) is 6.20 Å². The molecule has 2 aromatic rings. The van der Waals surface area contributed by atoms with Gasteiger partial charge < -0.3 is 10.1 Å². The molecule has 0 atom stereocenters. The van der Waals surface area contributed by atoms with Gasteiger partial charge in [-0.25, -0.2) is 4.98 Å². The van der Waals surface area contributed by atoms with Crippen LogP contribution in [-0.4, -0.2) is 11.0 Å². The highest BCUT2D eigenvalue weighted by Crippen LogP contribution is 2.19. The molecule has 1 aromatic heterocycles. The third-order valence-corrected chi connectivity index (χ3v) is 3.05. The minimum atomic E-state index is 0.343. The summed E-state index contributed by atoms with van der Waals surface area (Å²) in [5.74, 6) is 0.832. The van der Waals surface area contributed by atoms with Gasteiger partial charge in [0.05, 0.1) is 0 Å². The third kappa shape index (κ3) is 4.30. The number of para-hydroxylation sites is 1. The quantitative estimate of drug-likeness (QED) is 0.884. The van der Waals surface area contributed by atoms with Crippen molar-refractivity contribution in [3.05, 3.63) is 59.4 Å². The van der Waals surface area contributed by atoms with Crippen molar-refractivity contribution in [1.82, 2.24) is 10.3 Å². The summed E-state index contributed by atoms with van der Waals surface area (Å²) in [6.07, 6.45) is 1.61. The lowest BCUT2D eigenvalue weighted by molar-refractivity contribution is 0.301. The summed E-state index contributed by atoms with van der Waals surface area (Å²) in [6.45, 7) is 5.32. The highest BCUT2D eigenvalue weighted by molar-refractivity contribution is 5.35. The molecule has 0 spiro atoms. The molecule has 1 N–H and O–H groups in total. The summed E-state index contributed by atoms with van der Waals surface area (Å²) in [5.41, 5.74) is 2.32. The van der Waals surface area contributed by atoms with E-state index in [4.69, 9.17) is 10.00 Å². The summed E-state index contributed by atoms with van der Waals surface area (Å²) in [5, 5.41) is 12.4. The molecular formula is C17H19N3O. The number of nitrogens with zero attached hydrogens (tertiary/aromatic N) is 2. The molecule has 21 heavy (non-hydrogen) atoms.